The van der Waals surface area contributed by atoms with Gasteiger partial charge in [-0.25, -0.2) is 9.36 Å². The number of phosphoric acid groups is 1. The highest BCUT2D eigenvalue weighted by atomic mass is 31.2. The third-order valence-corrected chi connectivity index (χ3v) is 1.73. The third-order valence-electron chi connectivity index (χ3n) is 1.46. The number of carbonyl (C=O) groups is 1. The lowest BCUT2D eigenvalue weighted by Gasteiger charge is -2.03. The number of hydrogen-bond donors (Lipinski definition) is 2. The second kappa shape index (κ2) is 6.95. The maximum atomic E-state index is 10.8. The zero-order chi connectivity index (χ0) is 11.0. The lowest BCUT2D eigenvalue weighted by molar-refractivity contribution is -0.222. The van der Waals surface area contributed by atoms with Gasteiger partial charge in [-0.3, -0.25) is 4.89 Å². The van der Waals surface area contributed by atoms with Crippen LogP contribution in [0.25, 0.3) is 0 Å². The molecule has 0 aromatic rings. The summed E-state index contributed by atoms with van der Waals surface area (Å²) >= 11 is 0. The van der Waals surface area contributed by atoms with Gasteiger partial charge in [0.1, 0.15) is 0 Å². The standard InChI is InChI=1S/C7H15O6P/c1-2-3-4-5-6-7(8)12-13-14(9,10)11/h2-6H2,1H3,(H2,9,10,11). The highest BCUT2D eigenvalue weighted by Crippen LogP contribution is 2.36. The molecule has 0 heterocycles. The van der Waals surface area contributed by atoms with Crippen LogP contribution < -0.4 is 0 Å². The molecule has 0 radical (unpaired) electrons. The van der Waals surface area contributed by atoms with Crippen LogP contribution in [0.5, 0.6) is 0 Å². The van der Waals surface area contributed by atoms with Gasteiger partial charge in [0.15, 0.2) is 0 Å². The molecule has 2 N–H and O–H groups in total. The molecule has 0 aliphatic heterocycles. The van der Waals surface area contributed by atoms with E-state index in [0.717, 1.165) is 19.3 Å². The van der Waals surface area contributed by atoms with Crippen LogP contribution in [0, 0.1) is 0 Å². The maximum absolute atomic E-state index is 10.8. The molecule has 7 heteroatoms. The van der Waals surface area contributed by atoms with E-state index in [2.05, 4.69) is 9.56 Å². The smallest absolute Gasteiger partial charge is 0.301 e. The van der Waals surface area contributed by atoms with Crippen molar-refractivity contribution >= 4 is 13.8 Å². The molecule has 0 spiro atoms. The largest absolute Gasteiger partial charge is 0.505 e. The number of carbonyl (C=O) groups excluding carboxylic acids is 1. The van der Waals surface area contributed by atoms with E-state index < -0.39 is 13.8 Å². The Bertz CT molecular complexity index is 210. The molecule has 14 heavy (non-hydrogen) atoms. The molecule has 0 aliphatic rings. The van der Waals surface area contributed by atoms with Gasteiger partial charge in [0.05, 0.1) is 0 Å². The van der Waals surface area contributed by atoms with E-state index in [1.54, 1.807) is 0 Å². The highest BCUT2D eigenvalue weighted by molar-refractivity contribution is 7.46. The van der Waals surface area contributed by atoms with Crippen LogP contribution in [0.15, 0.2) is 0 Å². The Hall–Kier alpha value is -0.420. The lowest BCUT2D eigenvalue weighted by Crippen LogP contribution is -2.03. The van der Waals surface area contributed by atoms with Crippen molar-refractivity contribution in [2.75, 3.05) is 0 Å². The van der Waals surface area contributed by atoms with E-state index >= 15 is 0 Å². The second-order valence-electron chi connectivity index (χ2n) is 2.83. The molecule has 0 unspecified atom stereocenters. The van der Waals surface area contributed by atoms with Gasteiger partial charge in [-0.1, -0.05) is 30.9 Å². The summed E-state index contributed by atoms with van der Waals surface area (Å²) in [4.78, 5) is 31.0. The van der Waals surface area contributed by atoms with Gasteiger partial charge in [0.25, 0.3) is 0 Å². The minimum Gasteiger partial charge on any atom is -0.301 e. The third kappa shape index (κ3) is 9.67. The Morgan fingerprint density at radius 2 is 1.93 bits per heavy atom. The fourth-order valence-corrected chi connectivity index (χ4v) is 1.01. The van der Waals surface area contributed by atoms with E-state index in [9.17, 15) is 9.36 Å². The second-order valence-corrected chi connectivity index (χ2v) is 3.96. The number of rotatable bonds is 7. The molecule has 0 atom stereocenters. The Labute approximate surface area is 82.4 Å². The van der Waals surface area contributed by atoms with Crippen LogP contribution in [-0.2, 0) is 18.9 Å². The van der Waals surface area contributed by atoms with E-state index in [1.807, 2.05) is 6.92 Å². The first-order valence-corrected chi connectivity index (χ1v) is 5.93. The fraction of sp³-hybridized carbons (Fsp3) is 0.857. The van der Waals surface area contributed by atoms with Gasteiger partial charge < -0.3 is 9.79 Å². The molecular formula is C7H15O6P. The van der Waals surface area contributed by atoms with E-state index in [0.29, 0.717) is 6.42 Å². The topological polar surface area (TPSA) is 93.1 Å². The Balaban J connectivity index is 3.42. The Kier molecular flexibility index (Phi) is 6.74. The SMILES string of the molecule is CCCCCCC(=O)OOP(=O)(O)O. The summed E-state index contributed by atoms with van der Waals surface area (Å²) in [5, 5.41) is 0. The zero-order valence-corrected chi connectivity index (χ0v) is 8.90. The summed E-state index contributed by atoms with van der Waals surface area (Å²) in [5.41, 5.74) is 0. The molecule has 0 bridgehead atoms. The molecule has 0 amide bonds. The van der Waals surface area contributed by atoms with Gasteiger partial charge in [-0.2, -0.15) is 0 Å². The van der Waals surface area contributed by atoms with Crippen molar-refractivity contribution in [2.45, 2.75) is 39.0 Å². The van der Waals surface area contributed by atoms with Crippen molar-refractivity contribution in [3.05, 3.63) is 0 Å². The van der Waals surface area contributed by atoms with Crippen LogP contribution in [0.4, 0.5) is 0 Å². The zero-order valence-electron chi connectivity index (χ0n) is 8.01. The minimum absolute atomic E-state index is 0.111. The van der Waals surface area contributed by atoms with Crippen molar-refractivity contribution in [1.82, 2.24) is 0 Å². The van der Waals surface area contributed by atoms with Crippen molar-refractivity contribution in [3.8, 4) is 0 Å². The van der Waals surface area contributed by atoms with E-state index in [4.69, 9.17) is 9.79 Å². The molecular weight excluding hydrogens is 211 g/mol. The predicted molar refractivity (Wildman–Crippen MR) is 48.0 cm³/mol. The quantitative estimate of drug-likeness (QED) is 0.296. The molecule has 0 fully saturated rings. The van der Waals surface area contributed by atoms with Gasteiger partial charge in [-0.15, -0.1) is 0 Å². The number of unbranched alkanes of at least 4 members (excludes halogenated alkanes) is 3. The first-order chi connectivity index (χ1) is 6.45. The molecule has 0 saturated carbocycles. The normalized spacial score (nSPS) is 11.4. The van der Waals surface area contributed by atoms with Gasteiger partial charge in [0, 0.05) is 6.42 Å². The summed E-state index contributed by atoms with van der Waals surface area (Å²) < 4.78 is 13.7. The average Bonchev–Trinajstić information content (AvgIpc) is 2.08. The first-order valence-electron chi connectivity index (χ1n) is 4.40. The van der Waals surface area contributed by atoms with Gasteiger partial charge in [-0.05, 0) is 6.42 Å². The molecule has 0 aromatic carbocycles. The Morgan fingerprint density at radius 1 is 1.29 bits per heavy atom. The lowest BCUT2D eigenvalue weighted by atomic mass is 10.2. The van der Waals surface area contributed by atoms with Crippen LogP contribution in [0.1, 0.15) is 39.0 Å². The fourth-order valence-electron chi connectivity index (χ4n) is 0.828. The number of hydrogen-bond acceptors (Lipinski definition) is 4. The van der Waals surface area contributed by atoms with Crippen LogP contribution in [-0.4, -0.2) is 15.8 Å². The molecule has 0 rings (SSSR count). The monoisotopic (exact) mass is 226 g/mol. The molecule has 0 saturated heterocycles. The van der Waals surface area contributed by atoms with Gasteiger partial charge >= 0.3 is 13.8 Å². The molecule has 6 nitrogen and oxygen atoms in total. The van der Waals surface area contributed by atoms with Crippen molar-refractivity contribution in [1.29, 1.82) is 0 Å². The van der Waals surface area contributed by atoms with Crippen LogP contribution in [0.2, 0.25) is 0 Å². The maximum Gasteiger partial charge on any atom is 0.505 e. The molecule has 0 aromatic heterocycles. The predicted octanol–water partition coefficient (Wildman–Crippen LogP) is 1.52. The van der Waals surface area contributed by atoms with Crippen molar-refractivity contribution < 1.29 is 28.7 Å². The first kappa shape index (κ1) is 13.6. The van der Waals surface area contributed by atoms with Gasteiger partial charge in [0.2, 0.25) is 0 Å². The van der Waals surface area contributed by atoms with Crippen molar-refractivity contribution in [2.24, 2.45) is 0 Å². The Morgan fingerprint density at radius 3 is 2.43 bits per heavy atom. The summed E-state index contributed by atoms with van der Waals surface area (Å²) in [6.07, 6.45) is 3.71. The summed E-state index contributed by atoms with van der Waals surface area (Å²) in [6.45, 7) is 2.04. The summed E-state index contributed by atoms with van der Waals surface area (Å²) in [7, 11) is -4.71. The molecule has 0 aliphatic carbocycles. The highest BCUT2D eigenvalue weighted by Gasteiger charge is 2.18. The van der Waals surface area contributed by atoms with Crippen molar-refractivity contribution in [3.63, 3.8) is 0 Å². The summed E-state index contributed by atoms with van der Waals surface area (Å²) in [5.74, 6) is -0.760. The average molecular weight is 226 g/mol. The van der Waals surface area contributed by atoms with E-state index in [1.165, 1.54) is 0 Å². The minimum atomic E-state index is -4.71. The molecule has 84 valence electrons. The van der Waals surface area contributed by atoms with Crippen LogP contribution >= 0.6 is 7.82 Å². The summed E-state index contributed by atoms with van der Waals surface area (Å²) in [6, 6.07) is 0. The van der Waals surface area contributed by atoms with Crippen LogP contribution in [0.3, 0.4) is 0 Å². The van der Waals surface area contributed by atoms with E-state index in [-0.39, 0.29) is 6.42 Å².